The van der Waals surface area contributed by atoms with Crippen molar-refractivity contribution in [2.24, 2.45) is 0 Å². The molecule has 0 aromatic carbocycles. The minimum Gasteiger partial charge on any atom is -0.394 e. The van der Waals surface area contributed by atoms with E-state index in [1.807, 2.05) is 9.80 Å². The van der Waals surface area contributed by atoms with Gasteiger partial charge in [-0.25, -0.2) is 0 Å². The molecule has 1 unspecified atom stereocenters. The van der Waals surface area contributed by atoms with E-state index in [2.05, 4.69) is 15.0 Å². The Labute approximate surface area is 122 Å². The lowest BCUT2D eigenvalue weighted by molar-refractivity contribution is 0.00314. The molecule has 3 N–H and O–H groups in total. The molecule has 2 saturated heterocycles. The van der Waals surface area contributed by atoms with Crippen molar-refractivity contribution in [1.29, 1.82) is 0 Å². The topological polar surface area (TPSA) is 110 Å². The molecule has 0 bridgehead atoms. The van der Waals surface area contributed by atoms with Gasteiger partial charge in [-0.2, -0.15) is 15.0 Å². The van der Waals surface area contributed by atoms with Crippen LogP contribution in [0.15, 0.2) is 0 Å². The van der Waals surface area contributed by atoms with Crippen LogP contribution < -0.4 is 15.5 Å². The van der Waals surface area contributed by atoms with Crippen LogP contribution >= 0.6 is 0 Å². The van der Waals surface area contributed by atoms with Gasteiger partial charge in [-0.3, -0.25) is 0 Å². The number of nitrogens with zero attached hydrogens (tertiary/aromatic N) is 5. The fourth-order valence-corrected chi connectivity index (χ4v) is 2.43. The second-order valence-corrected chi connectivity index (χ2v) is 5.01. The molecule has 116 valence electrons. The normalized spacial score (nSPS) is 23.4. The van der Waals surface area contributed by atoms with E-state index >= 15 is 0 Å². The highest BCUT2D eigenvalue weighted by molar-refractivity contribution is 5.44. The molecule has 3 heterocycles. The molecule has 0 amide bonds. The van der Waals surface area contributed by atoms with Crippen molar-refractivity contribution in [3.63, 3.8) is 0 Å². The lowest BCUT2D eigenvalue weighted by atomic mass is 10.3. The average Bonchev–Trinajstić information content (AvgIpc) is 2.55. The van der Waals surface area contributed by atoms with E-state index in [-0.39, 0.29) is 18.7 Å². The van der Waals surface area contributed by atoms with Crippen LogP contribution in [-0.2, 0) is 9.47 Å². The van der Waals surface area contributed by atoms with Gasteiger partial charge in [0.05, 0.1) is 32.5 Å². The fraction of sp³-hybridized carbons (Fsp3) is 0.750. The first-order valence-electron chi connectivity index (χ1n) is 7.08. The number of aliphatic hydroxyl groups is 1. The van der Waals surface area contributed by atoms with Gasteiger partial charge in [-0.1, -0.05) is 0 Å². The highest BCUT2D eigenvalue weighted by Gasteiger charge is 2.24. The van der Waals surface area contributed by atoms with Crippen LogP contribution in [0.1, 0.15) is 0 Å². The minimum atomic E-state index is -0.219. The minimum absolute atomic E-state index is 0.0204. The Hall–Kier alpha value is -1.71. The van der Waals surface area contributed by atoms with E-state index in [0.717, 1.165) is 13.1 Å². The number of hydrogen-bond acceptors (Lipinski definition) is 9. The summed E-state index contributed by atoms with van der Waals surface area (Å²) in [7, 11) is 0. The predicted octanol–water partition coefficient (Wildman–Crippen LogP) is -1.51. The Kier molecular flexibility index (Phi) is 4.32. The molecule has 0 radical (unpaired) electrons. The number of aromatic nitrogens is 3. The third kappa shape index (κ3) is 3.31. The number of ether oxygens (including phenoxy) is 2. The quantitative estimate of drug-likeness (QED) is 0.687. The summed E-state index contributed by atoms with van der Waals surface area (Å²) in [5, 5.41) is 9.22. The third-order valence-electron chi connectivity index (χ3n) is 3.55. The maximum absolute atomic E-state index is 9.22. The Balaban J connectivity index is 1.80. The van der Waals surface area contributed by atoms with Gasteiger partial charge < -0.3 is 30.1 Å². The summed E-state index contributed by atoms with van der Waals surface area (Å²) in [6, 6.07) is 0. The van der Waals surface area contributed by atoms with Crippen LogP contribution in [0.5, 0.6) is 0 Å². The first kappa shape index (κ1) is 14.2. The van der Waals surface area contributed by atoms with E-state index in [1.165, 1.54) is 0 Å². The largest absolute Gasteiger partial charge is 0.394 e. The molecule has 9 heteroatoms. The van der Waals surface area contributed by atoms with Crippen LogP contribution in [0.4, 0.5) is 17.8 Å². The summed E-state index contributed by atoms with van der Waals surface area (Å²) < 4.78 is 10.8. The molecule has 1 aromatic rings. The molecule has 3 rings (SSSR count). The van der Waals surface area contributed by atoms with Crippen LogP contribution in [0.3, 0.4) is 0 Å². The number of nitrogens with two attached hydrogens (primary N) is 1. The van der Waals surface area contributed by atoms with Gasteiger partial charge in [0.2, 0.25) is 17.8 Å². The summed E-state index contributed by atoms with van der Waals surface area (Å²) in [5.41, 5.74) is 5.81. The highest BCUT2D eigenvalue weighted by atomic mass is 16.5. The van der Waals surface area contributed by atoms with Crippen LogP contribution in [-0.4, -0.2) is 78.8 Å². The first-order valence-corrected chi connectivity index (χ1v) is 7.08. The average molecular weight is 296 g/mol. The molecule has 1 aromatic heterocycles. The lowest BCUT2D eigenvalue weighted by Crippen LogP contribution is -2.45. The zero-order valence-corrected chi connectivity index (χ0v) is 11.8. The molecule has 9 nitrogen and oxygen atoms in total. The smallest absolute Gasteiger partial charge is 0.232 e. The molecule has 2 fully saturated rings. The predicted molar refractivity (Wildman–Crippen MR) is 76.3 cm³/mol. The van der Waals surface area contributed by atoms with E-state index in [0.29, 0.717) is 44.8 Å². The van der Waals surface area contributed by atoms with Crippen molar-refractivity contribution < 1.29 is 14.6 Å². The zero-order chi connectivity index (χ0) is 14.7. The van der Waals surface area contributed by atoms with Gasteiger partial charge in [0, 0.05) is 26.2 Å². The molecule has 0 aliphatic carbocycles. The van der Waals surface area contributed by atoms with Crippen molar-refractivity contribution >= 4 is 17.8 Å². The van der Waals surface area contributed by atoms with Gasteiger partial charge in [0.15, 0.2) is 0 Å². The van der Waals surface area contributed by atoms with Gasteiger partial charge in [-0.05, 0) is 0 Å². The van der Waals surface area contributed by atoms with Crippen molar-refractivity contribution in [3.05, 3.63) is 0 Å². The molecule has 2 aliphatic rings. The molecule has 0 spiro atoms. The summed E-state index contributed by atoms with van der Waals surface area (Å²) in [4.78, 5) is 16.9. The Morgan fingerprint density at radius 3 is 2.43 bits per heavy atom. The maximum Gasteiger partial charge on any atom is 0.232 e. The highest BCUT2D eigenvalue weighted by Crippen LogP contribution is 2.18. The van der Waals surface area contributed by atoms with Crippen molar-refractivity contribution in [1.82, 2.24) is 15.0 Å². The molecule has 1 atom stereocenters. The second-order valence-electron chi connectivity index (χ2n) is 5.01. The van der Waals surface area contributed by atoms with Gasteiger partial charge >= 0.3 is 0 Å². The van der Waals surface area contributed by atoms with E-state index in [1.54, 1.807) is 0 Å². The number of aliphatic hydroxyl groups excluding tert-OH is 1. The fourth-order valence-electron chi connectivity index (χ4n) is 2.43. The lowest BCUT2D eigenvalue weighted by Gasteiger charge is -2.33. The number of nitrogen functional groups attached to an aromatic ring is 1. The second kappa shape index (κ2) is 6.37. The van der Waals surface area contributed by atoms with E-state index < -0.39 is 0 Å². The zero-order valence-electron chi connectivity index (χ0n) is 11.8. The van der Waals surface area contributed by atoms with Crippen molar-refractivity contribution in [3.8, 4) is 0 Å². The SMILES string of the molecule is Nc1nc(N2CCOCC2)nc(N2CCOC(CO)C2)n1. The van der Waals surface area contributed by atoms with Crippen LogP contribution in [0.2, 0.25) is 0 Å². The number of anilines is 3. The van der Waals surface area contributed by atoms with Crippen LogP contribution in [0.25, 0.3) is 0 Å². The maximum atomic E-state index is 9.22. The molecular formula is C12H20N6O3. The molecule has 2 aliphatic heterocycles. The van der Waals surface area contributed by atoms with Gasteiger partial charge in [-0.15, -0.1) is 0 Å². The number of hydrogen-bond donors (Lipinski definition) is 2. The van der Waals surface area contributed by atoms with E-state index in [9.17, 15) is 5.11 Å². The standard InChI is InChI=1S/C12H20N6O3/c13-10-14-11(17-1-4-20-5-2-17)16-12(15-10)18-3-6-21-9(7-18)8-19/h9,19H,1-8H2,(H2,13,14,15,16). The Bertz CT molecular complexity index is 482. The van der Waals surface area contributed by atoms with Gasteiger partial charge in [0.25, 0.3) is 0 Å². The molecule has 0 saturated carbocycles. The summed E-state index contributed by atoms with van der Waals surface area (Å²) in [6.45, 7) is 4.52. The molecular weight excluding hydrogens is 276 g/mol. The number of morpholine rings is 2. The molecule has 21 heavy (non-hydrogen) atoms. The summed E-state index contributed by atoms with van der Waals surface area (Å²) in [6.07, 6.45) is -0.219. The van der Waals surface area contributed by atoms with E-state index in [4.69, 9.17) is 15.2 Å². The Morgan fingerprint density at radius 1 is 1.05 bits per heavy atom. The first-order chi connectivity index (χ1) is 10.3. The summed E-state index contributed by atoms with van der Waals surface area (Å²) in [5.74, 6) is 1.31. The van der Waals surface area contributed by atoms with Crippen molar-refractivity contribution in [2.45, 2.75) is 6.10 Å². The summed E-state index contributed by atoms with van der Waals surface area (Å²) >= 11 is 0. The monoisotopic (exact) mass is 296 g/mol. The van der Waals surface area contributed by atoms with Gasteiger partial charge in [0.1, 0.15) is 0 Å². The van der Waals surface area contributed by atoms with Crippen LogP contribution in [0, 0.1) is 0 Å². The van der Waals surface area contributed by atoms with Crippen molar-refractivity contribution in [2.75, 3.05) is 68.1 Å². The Morgan fingerprint density at radius 2 is 1.71 bits per heavy atom. The third-order valence-corrected chi connectivity index (χ3v) is 3.55. The number of rotatable bonds is 3.